The van der Waals surface area contributed by atoms with Gasteiger partial charge >= 0.3 is 5.97 Å². The summed E-state index contributed by atoms with van der Waals surface area (Å²) in [6, 6.07) is 8.30. The third-order valence-corrected chi connectivity index (χ3v) is 3.82. The van der Waals surface area contributed by atoms with E-state index in [1.165, 1.54) is 24.0 Å². The molecule has 5 heteroatoms. The molecular weight excluding hydrogens is 260 g/mol. The van der Waals surface area contributed by atoms with Crippen LogP contribution < -0.4 is 4.90 Å². The summed E-state index contributed by atoms with van der Waals surface area (Å²) in [6.45, 7) is 2.13. The van der Waals surface area contributed by atoms with Gasteiger partial charge in [-0.25, -0.2) is 9.78 Å². The average Bonchev–Trinajstić information content (AvgIpc) is 2.95. The van der Waals surface area contributed by atoms with Crippen molar-refractivity contribution in [3.63, 3.8) is 0 Å². The average molecular weight is 276 g/mol. The smallest absolute Gasteiger partial charge is 0.357 e. The summed E-state index contributed by atoms with van der Waals surface area (Å²) in [5.74, 6) is -0.405. The number of aryl methyl sites for hydroxylation is 1. The number of rotatable bonds is 4. The van der Waals surface area contributed by atoms with Crippen molar-refractivity contribution in [2.24, 2.45) is 0 Å². The molecule has 100 valence electrons. The van der Waals surface area contributed by atoms with Crippen LogP contribution in [0.1, 0.15) is 23.0 Å². The van der Waals surface area contributed by atoms with E-state index in [9.17, 15) is 4.79 Å². The molecule has 0 amide bonds. The van der Waals surface area contributed by atoms with E-state index in [4.69, 9.17) is 0 Å². The summed E-state index contributed by atoms with van der Waals surface area (Å²) in [5.41, 5.74) is 2.69. The molecule has 0 N–H and O–H groups in total. The zero-order valence-electron chi connectivity index (χ0n) is 11.2. The summed E-state index contributed by atoms with van der Waals surface area (Å²) in [5, 5.41) is 2.47. The molecular formula is C14H16N2O2S. The number of aromatic nitrogens is 1. The molecule has 19 heavy (non-hydrogen) atoms. The monoisotopic (exact) mass is 276 g/mol. The maximum Gasteiger partial charge on any atom is 0.357 e. The van der Waals surface area contributed by atoms with Gasteiger partial charge in [0.15, 0.2) is 10.8 Å². The van der Waals surface area contributed by atoms with E-state index in [-0.39, 0.29) is 0 Å². The Labute approximate surface area is 116 Å². The van der Waals surface area contributed by atoms with Gasteiger partial charge in [0.1, 0.15) is 0 Å². The van der Waals surface area contributed by atoms with Crippen molar-refractivity contribution < 1.29 is 9.53 Å². The lowest BCUT2D eigenvalue weighted by atomic mass is 10.1. The topological polar surface area (TPSA) is 42.4 Å². The first-order valence-corrected chi connectivity index (χ1v) is 6.90. The molecule has 1 aromatic carbocycles. The molecule has 2 aromatic rings. The van der Waals surface area contributed by atoms with Gasteiger partial charge in [-0.1, -0.05) is 19.1 Å². The van der Waals surface area contributed by atoms with Crippen LogP contribution in [0.5, 0.6) is 0 Å². The van der Waals surface area contributed by atoms with Crippen LogP contribution >= 0.6 is 11.3 Å². The maximum atomic E-state index is 11.4. The first-order valence-electron chi connectivity index (χ1n) is 6.02. The number of nitrogens with zero attached hydrogens (tertiary/aromatic N) is 2. The molecule has 2 rings (SSSR count). The quantitative estimate of drug-likeness (QED) is 0.804. The summed E-state index contributed by atoms with van der Waals surface area (Å²) in [7, 11) is 3.29. The molecule has 0 aliphatic carbocycles. The molecule has 4 nitrogen and oxygen atoms in total. The lowest BCUT2D eigenvalue weighted by Gasteiger charge is -2.16. The van der Waals surface area contributed by atoms with E-state index < -0.39 is 5.97 Å². The minimum absolute atomic E-state index is 0.347. The van der Waals surface area contributed by atoms with Crippen molar-refractivity contribution in [2.75, 3.05) is 19.1 Å². The Morgan fingerprint density at radius 2 is 2.05 bits per heavy atom. The predicted molar refractivity (Wildman–Crippen MR) is 77.3 cm³/mol. The van der Waals surface area contributed by atoms with E-state index in [2.05, 4.69) is 40.9 Å². The zero-order chi connectivity index (χ0) is 13.8. The van der Waals surface area contributed by atoms with Crippen LogP contribution in [-0.4, -0.2) is 25.1 Å². The third-order valence-electron chi connectivity index (χ3n) is 2.91. The second kappa shape index (κ2) is 5.84. The van der Waals surface area contributed by atoms with Crippen molar-refractivity contribution >= 4 is 28.1 Å². The Hall–Kier alpha value is -1.88. The summed E-state index contributed by atoms with van der Waals surface area (Å²) >= 11 is 1.42. The lowest BCUT2D eigenvalue weighted by Crippen LogP contribution is -2.10. The number of thiazole rings is 1. The zero-order valence-corrected chi connectivity index (χ0v) is 12.0. The van der Waals surface area contributed by atoms with Crippen LogP contribution in [0.3, 0.4) is 0 Å². The Bertz CT molecular complexity index is 563. The lowest BCUT2D eigenvalue weighted by molar-refractivity contribution is 0.0595. The highest BCUT2D eigenvalue weighted by molar-refractivity contribution is 7.14. The Kier molecular flexibility index (Phi) is 4.16. The van der Waals surface area contributed by atoms with E-state index >= 15 is 0 Å². The standard InChI is InChI=1S/C14H16N2O2S/c1-4-10-5-7-11(8-6-10)16(2)14-15-12(9-19-14)13(17)18-3/h5-9H,4H2,1-3H3. The second-order valence-electron chi connectivity index (χ2n) is 4.09. The summed E-state index contributed by atoms with van der Waals surface area (Å²) in [6.07, 6.45) is 1.02. The fourth-order valence-electron chi connectivity index (χ4n) is 1.68. The minimum Gasteiger partial charge on any atom is -0.464 e. The summed E-state index contributed by atoms with van der Waals surface area (Å²) < 4.78 is 4.65. The molecule has 0 aliphatic heterocycles. The van der Waals surface area contributed by atoms with Crippen molar-refractivity contribution in [3.8, 4) is 0 Å². The number of carbonyl (C=O) groups excluding carboxylic acids is 1. The van der Waals surface area contributed by atoms with Crippen molar-refractivity contribution in [1.29, 1.82) is 0 Å². The highest BCUT2D eigenvalue weighted by atomic mass is 32.1. The number of hydrogen-bond donors (Lipinski definition) is 0. The molecule has 0 fully saturated rings. The van der Waals surface area contributed by atoms with Crippen molar-refractivity contribution in [3.05, 3.63) is 40.9 Å². The normalized spacial score (nSPS) is 10.3. The Morgan fingerprint density at radius 1 is 1.37 bits per heavy atom. The first kappa shape index (κ1) is 13.5. The van der Waals surface area contributed by atoms with Gasteiger partial charge in [-0.2, -0.15) is 0 Å². The fraction of sp³-hybridized carbons (Fsp3) is 0.286. The maximum absolute atomic E-state index is 11.4. The molecule has 0 radical (unpaired) electrons. The van der Waals surface area contributed by atoms with Gasteiger partial charge in [-0.15, -0.1) is 11.3 Å². The van der Waals surface area contributed by atoms with E-state index in [0.717, 1.165) is 17.2 Å². The minimum atomic E-state index is -0.405. The van der Waals surface area contributed by atoms with Crippen LogP contribution in [0.4, 0.5) is 10.8 Å². The van der Waals surface area contributed by atoms with Crippen molar-refractivity contribution in [2.45, 2.75) is 13.3 Å². The first-order chi connectivity index (χ1) is 9.15. The molecule has 0 spiro atoms. The molecule has 0 unspecified atom stereocenters. The number of methoxy groups -OCH3 is 1. The van der Waals surface area contributed by atoms with Gasteiger partial charge in [-0.3, -0.25) is 0 Å². The second-order valence-corrected chi connectivity index (χ2v) is 4.92. The van der Waals surface area contributed by atoms with Gasteiger partial charge in [0.2, 0.25) is 0 Å². The number of esters is 1. The van der Waals surface area contributed by atoms with Gasteiger partial charge < -0.3 is 9.64 Å². The molecule has 0 saturated carbocycles. The Balaban J connectivity index is 2.20. The predicted octanol–water partition coefficient (Wildman–Crippen LogP) is 3.26. The van der Waals surface area contributed by atoms with Crippen LogP contribution in [0, 0.1) is 0 Å². The van der Waals surface area contributed by atoms with Gasteiger partial charge in [0, 0.05) is 18.1 Å². The van der Waals surface area contributed by atoms with E-state index in [1.54, 1.807) is 5.38 Å². The highest BCUT2D eigenvalue weighted by Gasteiger charge is 2.14. The molecule has 0 aliphatic rings. The van der Waals surface area contributed by atoms with Crippen LogP contribution in [0.15, 0.2) is 29.6 Å². The van der Waals surface area contributed by atoms with Crippen molar-refractivity contribution in [1.82, 2.24) is 4.98 Å². The number of anilines is 2. The fourth-order valence-corrected chi connectivity index (χ4v) is 2.46. The largest absolute Gasteiger partial charge is 0.464 e. The van der Waals surface area contributed by atoms with Crippen LogP contribution in [-0.2, 0) is 11.2 Å². The van der Waals surface area contributed by atoms with Gasteiger partial charge in [-0.05, 0) is 24.1 Å². The SMILES string of the molecule is CCc1ccc(N(C)c2nc(C(=O)OC)cs2)cc1. The van der Waals surface area contributed by atoms with Gasteiger partial charge in [0.25, 0.3) is 0 Å². The molecule has 1 aromatic heterocycles. The molecule has 0 bridgehead atoms. The molecule has 1 heterocycles. The Morgan fingerprint density at radius 3 is 2.63 bits per heavy atom. The number of carbonyl (C=O) groups is 1. The number of ether oxygens (including phenoxy) is 1. The summed E-state index contributed by atoms with van der Waals surface area (Å²) in [4.78, 5) is 17.6. The van der Waals surface area contributed by atoms with Crippen LogP contribution in [0.25, 0.3) is 0 Å². The van der Waals surface area contributed by atoms with Gasteiger partial charge in [0.05, 0.1) is 7.11 Å². The third kappa shape index (κ3) is 2.93. The number of benzene rings is 1. The highest BCUT2D eigenvalue weighted by Crippen LogP contribution is 2.27. The molecule has 0 saturated heterocycles. The van der Waals surface area contributed by atoms with Crippen LogP contribution in [0.2, 0.25) is 0 Å². The van der Waals surface area contributed by atoms with E-state index in [0.29, 0.717) is 5.69 Å². The number of hydrogen-bond acceptors (Lipinski definition) is 5. The molecule has 0 atom stereocenters. The van der Waals surface area contributed by atoms with E-state index in [1.807, 2.05) is 11.9 Å².